The van der Waals surface area contributed by atoms with Crippen molar-refractivity contribution in [2.45, 2.75) is 6.54 Å². The predicted octanol–water partition coefficient (Wildman–Crippen LogP) is 4.58. The summed E-state index contributed by atoms with van der Waals surface area (Å²) in [5.74, 6) is -0.575. The van der Waals surface area contributed by atoms with Crippen molar-refractivity contribution in [1.29, 1.82) is 0 Å². The molecule has 122 valence electrons. The Balaban J connectivity index is 1.72. The molecule has 3 aromatic rings. The van der Waals surface area contributed by atoms with Gasteiger partial charge in [-0.05, 0) is 52.4 Å². The van der Waals surface area contributed by atoms with E-state index in [2.05, 4.69) is 33.0 Å². The van der Waals surface area contributed by atoms with Gasteiger partial charge in [0.15, 0.2) is 0 Å². The average molecular weight is 456 g/mol. The molecule has 0 unspecified atom stereocenters. The minimum atomic E-state index is -0.380. The lowest BCUT2D eigenvalue weighted by molar-refractivity contribution is 0.102. The number of rotatable bonds is 4. The fourth-order valence-corrected chi connectivity index (χ4v) is 3.04. The first kappa shape index (κ1) is 16.9. The lowest BCUT2D eigenvalue weighted by Crippen LogP contribution is -2.12. The van der Waals surface area contributed by atoms with Crippen molar-refractivity contribution in [1.82, 2.24) is 9.78 Å². The van der Waals surface area contributed by atoms with Gasteiger partial charge in [0, 0.05) is 14.8 Å². The maximum Gasteiger partial charge on any atom is 0.256 e. The Hall–Kier alpha value is -1.93. The number of aromatic nitrogens is 2. The van der Waals surface area contributed by atoms with Crippen molar-refractivity contribution < 1.29 is 9.18 Å². The first-order valence-electron chi connectivity index (χ1n) is 7.05. The number of hydrogen-bond acceptors (Lipinski definition) is 2. The molecule has 1 amide bonds. The van der Waals surface area contributed by atoms with Gasteiger partial charge in [-0.25, -0.2) is 4.39 Å². The third-order valence-electron chi connectivity index (χ3n) is 3.36. The molecule has 0 spiro atoms. The van der Waals surface area contributed by atoms with Gasteiger partial charge in [0.05, 0.1) is 24.0 Å². The minimum absolute atomic E-state index is 0.195. The van der Waals surface area contributed by atoms with Gasteiger partial charge in [0.1, 0.15) is 5.82 Å². The van der Waals surface area contributed by atoms with Crippen LogP contribution in [0, 0.1) is 9.39 Å². The summed E-state index contributed by atoms with van der Waals surface area (Å²) in [5.41, 5.74) is 1.93. The highest BCUT2D eigenvalue weighted by molar-refractivity contribution is 14.1. The van der Waals surface area contributed by atoms with E-state index in [9.17, 15) is 9.18 Å². The van der Waals surface area contributed by atoms with Crippen molar-refractivity contribution in [2.24, 2.45) is 0 Å². The fourth-order valence-electron chi connectivity index (χ4n) is 2.18. The quantitative estimate of drug-likeness (QED) is 0.586. The van der Waals surface area contributed by atoms with Gasteiger partial charge in [-0.15, -0.1) is 0 Å². The van der Waals surface area contributed by atoms with Crippen LogP contribution >= 0.6 is 34.2 Å². The molecule has 0 saturated heterocycles. The summed E-state index contributed by atoms with van der Waals surface area (Å²) < 4.78 is 15.6. The van der Waals surface area contributed by atoms with E-state index in [-0.39, 0.29) is 11.7 Å². The summed E-state index contributed by atoms with van der Waals surface area (Å²) in [6.45, 7) is 0.387. The van der Waals surface area contributed by atoms with Crippen LogP contribution in [0.1, 0.15) is 15.9 Å². The van der Waals surface area contributed by atoms with Crippen LogP contribution in [0.25, 0.3) is 0 Å². The Morgan fingerprint density at radius 1 is 1.29 bits per heavy atom. The Morgan fingerprint density at radius 2 is 2.08 bits per heavy atom. The first-order valence-corrected chi connectivity index (χ1v) is 8.51. The molecule has 1 aromatic heterocycles. The third kappa shape index (κ3) is 3.93. The topological polar surface area (TPSA) is 46.9 Å². The number of nitrogens with zero attached hydrogens (tertiary/aromatic N) is 2. The van der Waals surface area contributed by atoms with E-state index < -0.39 is 0 Å². The van der Waals surface area contributed by atoms with Crippen molar-refractivity contribution in [3.8, 4) is 0 Å². The second-order valence-electron chi connectivity index (χ2n) is 5.10. The minimum Gasteiger partial charge on any atom is -0.319 e. The van der Waals surface area contributed by atoms with E-state index in [0.29, 0.717) is 22.8 Å². The average Bonchev–Trinajstić information content (AvgIpc) is 2.97. The number of hydrogen-bond donors (Lipinski definition) is 1. The Labute approximate surface area is 156 Å². The van der Waals surface area contributed by atoms with Gasteiger partial charge in [-0.3, -0.25) is 9.48 Å². The largest absolute Gasteiger partial charge is 0.319 e. The third-order valence-corrected chi connectivity index (χ3v) is 4.65. The highest BCUT2D eigenvalue weighted by Gasteiger charge is 2.11. The molecule has 0 radical (unpaired) electrons. The van der Waals surface area contributed by atoms with Crippen LogP contribution in [0.15, 0.2) is 54.9 Å². The Morgan fingerprint density at radius 3 is 2.83 bits per heavy atom. The van der Waals surface area contributed by atoms with Crippen molar-refractivity contribution in [3.05, 3.63) is 80.4 Å². The summed E-state index contributed by atoms with van der Waals surface area (Å²) >= 11 is 8.13. The summed E-state index contributed by atoms with van der Waals surface area (Å²) in [5, 5.41) is 7.34. The zero-order chi connectivity index (χ0) is 17.1. The van der Waals surface area contributed by atoms with Gasteiger partial charge < -0.3 is 5.32 Å². The number of halogens is 3. The van der Waals surface area contributed by atoms with Crippen LogP contribution in [0.4, 0.5) is 10.1 Å². The summed E-state index contributed by atoms with van der Waals surface area (Å²) in [6, 6.07) is 11.6. The van der Waals surface area contributed by atoms with Gasteiger partial charge in [0.2, 0.25) is 0 Å². The molecule has 1 heterocycles. The Bertz CT molecular complexity index is 897. The molecule has 0 fully saturated rings. The molecule has 2 aromatic carbocycles. The number of carbonyl (C=O) groups excluding carboxylic acids is 1. The maximum atomic E-state index is 13.1. The van der Waals surface area contributed by atoms with E-state index in [1.807, 2.05) is 18.2 Å². The van der Waals surface area contributed by atoms with Gasteiger partial charge in [-0.1, -0.05) is 29.8 Å². The SMILES string of the molecule is O=C(Nc1cnn(Cc2ccc(F)cc2Cl)c1)c1ccccc1I. The molecular formula is C17H12ClFIN3O. The van der Waals surface area contributed by atoms with Crippen LogP contribution in [0.2, 0.25) is 5.02 Å². The van der Waals surface area contributed by atoms with Crippen molar-refractivity contribution in [2.75, 3.05) is 5.32 Å². The second kappa shape index (κ2) is 7.31. The molecule has 0 aliphatic rings. The molecule has 1 N–H and O–H groups in total. The zero-order valence-corrected chi connectivity index (χ0v) is 15.3. The normalized spacial score (nSPS) is 10.6. The maximum absolute atomic E-state index is 13.1. The van der Waals surface area contributed by atoms with E-state index in [1.165, 1.54) is 12.1 Å². The molecule has 0 bridgehead atoms. The fraction of sp³-hybridized carbons (Fsp3) is 0.0588. The van der Waals surface area contributed by atoms with Gasteiger partial charge in [0.25, 0.3) is 5.91 Å². The standard InChI is InChI=1S/C17H12ClFIN3O/c18-15-7-12(19)6-5-11(15)9-23-10-13(8-21-23)22-17(24)14-3-1-2-4-16(14)20/h1-8,10H,9H2,(H,22,24). The van der Waals surface area contributed by atoms with E-state index in [0.717, 1.165) is 9.13 Å². The molecule has 0 atom stereocenters. The molecule has 0 saturated carbocycles. The van der Waals surface area contributed by atoms with Gasteiger partial charge in [-0.2, -0.15) is 5.10 Å². The molecule has 4 nitrogen and oxygen atoms in total. The summed E-state index contributed by atoms with van der Waals surface area (Å²) in [7, 11) is 0. The predicted molar refractivity (Wildman–Crippen MR) is 99.9 cm³/mol. The highest BCUT2D eigenvalue weighted by atomic mass is 127. The van der Waals surface area contributed by atoms with Crippen molar-refractivity contribution >= 4 is 45.8 Å². The molecule has 24 heavy (non-hydrogen) atoms. The number of anilines is 1. The highest BCUT2D eigenvalue weighted by Crippen LogP contribution is 2.19. The second-order valence-corrected chi connectivity index (χ2v) is 6.67. The number of nitrogens with one attached hydrogen (secondary N) is 1. The molecule has 0 aliphatic heterocycles. The van der Waals surface area contributed by atoms with E-state index in [1.54, 1.807) is 29.2 Å². The van der Waals surface area contributed by atoms with Crippen LogP contribution in [0.3, 0.4) is 0 Å². The van der Waals surface area contributed by atoms with Crippen LogP contribution in [-0.2, 0) is 6.54 Å². The first-order chi connectivity index (χ1) is 11.5. The van der Waals surface area contributed by atoms with Crippen LogP contribution in [0.5, 0.6) is 0 Å². The van der Waals surface area contributed by atoms with Crippen LogP contribution in [-0.4, -0.2) is 15.7 Å². The van der Waals surface area contributed by atoms with Gasteiger partial charge >= 0.3 is 0 Å². The number of benzene rings is 2. The van der Waals surface area contributed by atoms with E-state index >= 15 is 0 Å². The molecule has 7 heteroatoms. The number of amides is 1. The molecule has 0 aliphatic carbocycles. The summed E-state index contributed by atoms with van der Waals surface area (Å²) in [6.07, 6.45) is 3.26. The smallest absolute Gasteiger partial charge is 0.256 e. The lowest BCUT2D eigenvalue weighted by atomic mass is 10.2. The monoisotopic (exact) mass is 455 g/mol. The molecular weight excluding hydrogens is 444 g/mol. The lowest BCUT2D eigenvalue weighted by Gasteiger charge is -2.05. The summed E-state index contributed by atoms with van der Waals surface area (Å²) in [4.78, 5) is 12.3. The van der Waals surface area contributed by atoms with Crippen molar-refractivity contribution in [3.63, 3.8) is 0 Å². The molecule has 3 rings (SSSR count). The Kier molecular flexibility index (Phi) is 5.15. The number of carbonyl (C=O) groups is 1. The van der Waals surface area contributed by atoms with Crippen LogP contribution < -0.4 is 5.32 Å². The van der Waals surface area contributed by atoms with E-state index in [4.69, 9.17) is 11.6 Å². The zero-order valence-electron chi connectivity index (χ0n) is 12.3.